The molecule has 1 saturated heterocycles. The zero-order chi connectivity index (χ0) is 21.1. The fourth-order valence-electron chi connectivity index (χ4n) is 3.51. The molecule has 0 atom stereocenters. The van der Waals surface area contributed by atoms with Crippen LogP contribution in [0.3, 0.4) is 0 Å². The standard InChI is InChI=1S/C22H20F2N4O2/c23-17-5-3-4-16(14-17)15-28-21(29)9-8-19(25-28)22(30)27-12-10-26(11-13-27)20-7-2-1-6-18(20)24/h1-9,14H,10-13,15H2. The van der Waals surface area contributed by atoms with Crippen LogP contribution < -0.4 is 10.5 Å². The lowest BCUT2D eigenvalue weighted by Gasteiger charge is -2.36. The van der Waals surface area contributed by atoms with Crippen LogP contribution >= 0.6 is 0 Å². The highest BCUT2D eigenvalue weighted by Gasteiger charge is 2.24. The SMILES string of the molecule is O=C(c1ccc(=O)n(Cc2cccc(F)c2)n1)N1CCN(c2ccccc2F)CC1. The monoisotopic (exact) mass is 410 g/mol. The molecule has 1 amide bonds. The zero-order valence-corrected chi connectivity index (χ0v) is 16.2. The van der Waals surface area contributed by atoms with Crippen LogP contribution in [0.15, 0.2) is 65.5 Å². The van der Waals surface area contributed by atoms with E-state index in [9.17, 15) is 18.4 Å². The molecule has 0 radical (unpaired) electrons. The first-order valence-electron chi connectivity index (χ1n) is 9.62. The number of para-hydroxylation sites is 1. The highest BCUT2D eigenvalue weighted by atomic mass is 19.1. The van der Waals surface area contributed by atoms with Crippen LogP contribution in [0.25, 0.3) is 0 Å². The van der Waals surface area contributed by atoms with E-state index in [0.29, 0.717) is 37.4 Å². The summed E-state index contributed by atoms with van der Waals surface area (Å²) in [7, 11) is 0. The van der Waals surface area contributed by atoms with Gasteiger partial charge in [-0.05, 0) is 35.9 Å². The zero-order valence-electron chi connectivity index (χ0n) is 16.2. The van der Waals surface area contributed by atoms with Crippen molar-refractivity contribution in [3.63, 3.8) is 0 Å². The third-order valence-corrected chi connectivity index (χ3v) is 5.07. The Bertz CT molecular complexity index is 1120. The number of halogens is 2. The maximum Gasteiger partial charge on any atom is 0.274 e. The third kappa shape index (κ3) is 4.22. The lowest BCUT2D eigenvalue weighted by Crippen LogP contribution is -2.49. The molecule has 1 fully saturated rings. The number of carbonyl (C=O) groups excluding carboxylic acids is 1. The maximum atomic E-state index is 14.0. The average Bonchev–Trinajstić information content (AvgIpc) is 2.75. The van der Waals surface area contributed by atoms with E-state index in [4.69, 9.17) is 0 Å². The number of aromatic nitrogens is 2. The fraction of sp³-hybridized carbons (Fsp3) is 0.227. The summed E-state index contributed by atoms with van der Waals surface area (Å²) in [6.45, 7) is 1.89. The van der Waals surface area contributed by atoms with Gasteiger partial charge in [0.05, 0.1) is 12.2 Å². The molecule has 1 aromatic heterocycles. The molecule has 2 aromatic carbocycles. The van der Waals surface area contributed by atoms with Gasteiger partial charge in [-0.3, -0.25) is 9.59 Å². The van der Waals surface area contributed by atoms with Gasteiger partial charge >= 0.3 is 0 Å². The number of carbonyl (C=O) groups is 1. The van der Waals surface area contributed by atoms with Crippen molar-refractivity contribution < 1.29 is 13.6 Å². The third-order valence-electron chi connectivity index (χ3n) is 5.07. The second kappa shape index (κ2) is 8.44. The Labute approximate surface area is 172 Å². The second-order valence-electron chi connectivity index (χ2n) is 7.08. The molecule has 4 rings (SSSR count). The number of benzene rings is 2. The molecule has 6 nitrogen and oxygen atoms in total. The van der Waals surface area contributed by atoms with Gasteiger partial charge in [-0.2, -0.15) is 5.10 Å². The lowest BCUT2D eigenvalue weighted by atomic mass is 10.2. The molecule has 1 aliphatic rings. The Balaban J connectivity index is 1.46. The van der Waals surface area contributed by atoms with E-state index >= 15 is 0 Å². The van der Waals surface area contributed by atoms with E-state index < -0.39 is 5.82 Å². The molecular weight excluding hydrogens is 390 g/mol. The Kier molecular flexibility index (Phi) is 5.56. The molecule has 0 unspecified atom stereocenters. The first kappa shape index (κ1) is 19.8. The Morgan fingerprint density at radius 1 is 0.933 bits per heavy atom. The molecule has 30 heavy (non-hydrogen) atoms. The highest BCUT2D eigenvalue weighted by Crippen LogP contribution is 2.20. The molecule has 2 heterocycles. The van der Waals surface area contributed by atoms with Crippen molar-refractivity contribution in [3.8, 4) is 0 Å². The van der Waals surface area contributed by atoms with Crippen molar-refractivity contribution >= 4 is 11.6 Å². The van der Waals surface area contributed by atoms with E-state index in [1.165, 1.54) is 30.3 Å². The summed E-state index contributed by atoms with van der Waals surface area (Å²) >= 11 is 0. The first-order valence-corrected chi connectivity index (χ1v) is 9.62. The summed E-state index contributed by atoms with van der Waals surface area (Å²) in [6, 6.07) is 15.1. The molecular formula is C22H20F2N4O2. The number of amides is 1. The number of rotatable bonds is 4. The van der Waals surface area contributed by atoms with Crippen molar-refractivity contribution in [1.82, 2.24) is 14.7 Å². The van der Waals surface area contributed by atoms with Crippen molar-refractivity contribution in [3.05, 3.63) is 93.9 Å². The van der Waals surface area contributed by atoms with Crippen LogP contribution in [0.5, 0.6) is 0 Å². The van der Waals surface area contributed by atoms with Crippen molar-refractivity contribution in [2.24, 2.45) is 0 Å². The summed E-state index contributed by atoms with van der Waals surface area (Å²) < 4.78 is 28.5. The van der Waals surface area contributed by atoms with Crippen LogP contribution in [0.2, 0.25) is 0 Å². The predicted octanol–water partition coefficient (Wildman–Crippen LogP) is 2.53. The predicted molar refractivity (Wildman–Crippen MR) is 109 cm³/mol. The molecule has 0 bridgehead atoms. The minimum atomic E-state index is -0.402. The van der Waals surface area contributed by atoms with Gasteiger partial charge in [0.1, 0.15) is 17.3 Å². The van der Waals surface area contributed by atoms with Crippen molar-refractivity contribution in [2.45, 2.75) is 6.54 Å². The minimum Gasteiger partial charge on any atom is -0.366 e. The quantitative estimate of drug-likeness (QED) is 0.663. The van der Waals surface area contributed by atoms with Gasteiger partial charge in [0.2, 0.25) is 0 Å². The van der Waals surface area contributed by atoms with Gasteiger partial charge in [-0.1, -0.05) is 24.3 Å². The van der Waals surface area contributed by atoms with Crippen LogP contribution in [0.4, 0.5) is 14.5 Å². The molecule has 0 N–H and O–H groups in total. The van der Waals surface area contributed by atoms with E-state index in [1.54, 1.807) is 35.2 Å². The number of anilines is 1. The van der Waals surface area contributed by atoms with Gasteiger partial charge < -0.3 is 9.80 Å². The van der Waals surface area contributed by atoms with Gasteiger partial charge in [-0.15, -0.1) is 0 Å². The molecule has 8 heteroatoms. The lowest BCUT2D eigenvalue weighted by molar-refractivity contribution is 0.0738. The van der Waals surface area contributed by atoms with Gasteiger partial charge in [0, 0.05) is 32.2 Å². The fourth-order valence-corrected chi connectivity index (χ4v) is 3.51. The maximum absolute atomic E-state index is 14.0. The Morgan fingerprint density at radius 3 is 2.43 bits per heavy atom. The van der Waals surface area contributed by atoms with Gasteiger partial charge in [-0.25, -0.2) is 13.5 Å². The van der Waals surface area contributed by atoms with Crippen molar-refractivity contribution in [2.75, 3.05) is 31.1 Å². The normalized spacial score (nSPS) is 14.1. The summed E-state index contributed by atoms with van der Waals surface area (Å²) in [5.41, 5.74) is 0.865. The summed E-state index contributed by atoms with van der Waals surface area (Å²) in [4.78, 5) is 28.5. The molecule has 3 aromatic rings. The van der Waals surface area contributed by atoms with Crippen LogP contribution in [-0.4, -0.2) is 46.8 Å². The topological polar surface area (TPSA) is 58.4 Å². The van der Waals surface area contributed by atoms with Crippen molar-refractivity contribution in [1.29, 1.82) is 0 Å². The minimum absolute atomic E-state index is 0.0682. The van der Waals surface area contributed by atoms with Gasteiger partial charge in [0.15, 0.2) is 0 Å². The van der Waals surface area contributed by atoms with E-state index in [1.807, 2.05) is 4.90 Å². The average molecular weight is 410 g/mol. The number of piperazine rings is 1. The smallest absolute Gasteiger partial charge is 0.274 e. The van der Waals surface area contributed by atoms with Gasteiger partial charge in [0.25, 0.3) is 11.5 Å². The summed E-state index contributed by atoms with van der Waals surface area (Å²) in [5, 5.41) is 4.18. The van der Waals surface area contributed by atoms with Crippen LogP contribution in [-0.2, 0) is 6.54 Å². The van der Waals surface area contributed by atoms with E-state index in [-0.39, 0.29) is 29.5 Å². The summed E-state index contributed by atoms with van der Waals surface area (Å²) in [6.07, 6.45) is 0. The van der Waals surface area contributed by atoms with E-state index in [0.717, 1.165) is 4.68 Å². The second-order valence-corrected chi connectivity index (χ2v) is 7.08. The van der Waals surface area contributed by atoms with Crippen LogP contribution in [0.1, 0.15) is 16.1 Å². The molecule has 0 saturated carbocycles. The number of hydrogen-bond donors (Lipinski definition) is 0. The summed E-state index contributed by atoms with van der Waals surface area (Å²) in [5.74, 6) is -0.986. The molecule has 0 aliphatic carbocycles. The first-order chi connectivity index (χ1) is 14.5. The van der Waals surface area contributed by atoms with E-state index in [2.05, 4.69) is 5.10 Å². The largest absolute Gasteiger partial charge is 0.366 e. The molecule has 1 aliphatic heterocycles. The highest BCUT2D eigenvalue weighted by molar-refractivity contribution is 5.92. The Hall–Kier alpha value is -3.55. The number of nitrogens with zero attached hydrogens (tertiary/aromatic N) is 4. The molecule has 0 spiro atoms. The van der Waals surface area contributed by atoms with Crippen LogP contribution in [0, 0.1) is 11.6 Å². The number of hydrogen-bond acceptors (Lipinski definition) is 4. The Morgan fingerprint density at radius 2 is 1.70 bits per heavy atom. The molecule has 154 valence electrons.